The van der Waals surface area contributed by atoms with Gasteiger partial charge in [0.15, 0.2) is 6.61 Å². The number of carbonyl (C=O) groups excluding carboxylic acids is 2. The Kier molecular flexibility index (Phi) is 6.46. The highest BCUT2D eigenvalue weighted by Gasteiger charge is 2.16. The van der Waals surface area contributed by atoms with Gasteiger partial charge in [-0.3, -0.25) is 14.7 Å². The van der Waals surface area contributed by atoms with Crippen LogP contribution >= 0.6 is 0 Å². The van der Waals surface area contributed by atoms with E-state index in [4.69, 9.17) is 4.74 Å². The SMILES string of the molecule is CCC(=O)Nc1ccc(OCC(=O)NCCc2n[nH]c3c2CCCC3)cc1. The molecule has 1 aromatic carbocycles. The smallest absolute Gasteiger partial charge is 0.257 e. The number of hydrogen-bond donors (Lipinski definition) is 3. The summed E-state index contributed by atoms with van der Waals surface area (Å²) in [5.74, 6) is 0.380. The van der Waals surface area contributed by atoms with Gasteiger partial charge in [-0.05, 0) is 55.5 Å². The Morgan fingerprint density at radius 2 is 1.93 bits per heavy atom. The molecule has 0 atom stereocenters. The number of nitrogens with one attached hydrogen (secondary N) is 3. The number of carbonyl (C=O) groups is 2. The van der Waals surface area contributed by atoms with Crippen molar-refractivity contribution in [1.82, 2.24) is 15.5 Å². The van der Waals surface area contributed by atoms with Crippen LogP contribution in [-0.2, 0) is 28.9 Å². The number of fused-ring (bicyclic) bond motifs is 1. The van der Waals surface area contributed by atoms with Gasteiger partial charge < -0.3 is 15.4 Å². The van der Waals surface area contributed by atoms with Gasteiger partial charge >= 0.3 is 0 Å². The van der Waals surface area contributed by atoms with E-state index in [9.17, 15) is 9.59 Å². The number of nitrogens with zero attached hydrogens (tertiary/aromatic N) is 1. The number of benzene rings is 1. The molecule has 0 saturated carbocycles. The minimum absolute atomic E-state index is 0.0405. The van der Waals surface area contributed by atoms with Crippen LogP contribution in [0.2, 0.25) is 0 Å². The standard InChI is InChI=1S/C20H26N4O3/c1-2-19(25)22-14-7-9-15(10-8-14)27-13-20(26)21-12-11-18-16-5-3-4-6-17(16)23-24-18/h7-10H,2-6,11-13H2,1H3,(H,21,26)(H,22,25)(H,23,24). The summed E-state index contributed by atoms with van der Waals surface area (Å²) in [5.41, 5.74) is 4.36. The van der Waals surface area contributed by atoms with Crippen molar-refractivity contribution >= 4 is 17.5 Å². The quantitative estimate of drug-likeness (QED) is 0.665. The lowest BCUT2D eigenvalue weighted by molar-refractivity contribution is -0.123. The number of H-pyrrole nitrogens is 1. The molecule has 3 N–H and O–H groups in total. The lowest BCUT2D eigenvalue weighted by Gasteiger charge is -2.11. The average molecular weight is 370 g/mol. The van der Waals surface area contributed by atoms with Crippen LogP contribution in [0.15, 0.2) is 24.3 Å². The summed E-state index contributed by atoms with van der Waals surface area (Å²) in [6, 6.07) is 6.96. The molecule has 3 rings (SSSR count). The first kappa shape index (κ1) is 18.9. The van der Waals surface area contributed by atoms with Gasteiger partial charge in [0.1, 0.15) is 5.75 Å². The van der Waals surface area contributed by atoms with Crippen molar-refractivity contribution in [3.63, 3.8) is 0 Å². The number of rotatable bonds is 8. The van der Waals surface area contributed by atoms with Crippen LogP contribution in [0.25, 0.3) is 0 Å². The third kappa shape index (κ3) is 5.32. The summed E-state index contributed by atoms with van der Waals surface area (Å²) in [6.07, 6.45) is 5.73. The van der Waals surface area contributed by atoms with E-state index in [0.29, 0.717) is 24.4 Å². The monoisotopic (exact) mass is 370 g/mol. The molecule has 0 aliphatic heterocycles. The van der Waals surface area contributed by atoms with Crippen LogP contribution in [-0.4, -0.2) is 35.2 Å². The van der Waals surface area contributed by atoms with E-state index in [2.05, 4.69) is 20.8 Å². The molecule has 27 heavy (non-hydrogen) atoms. The fraction of sp³-hybridized carbons (Fsp3) is 0.450. The molecule has 2 aromatic rings. The highest BCUT2D eigenvalue weighted by molar-refractivity contribution is 5.90. The summed E-state index contributed by atoms with van der Waals surface area (Å²) in [5, 5.41) is 13.1. The minimum atomic E-state index is -0.164. The number of aromatic amines is 1. The Morgan fingerprint density at radius 3 is 2.70 bits per heavy atom. The second kappa shape index (κ2) is 9.21. The molecule has 7 nitrogen and oxygen atoms in total. The fourth-order valence-corrected chi connectivity index (χ4v) is 3.16. The van der Waals surface area contributed by atoms with Gasteiger partial charge in [0.05, 0.1) is 5.69 Å². The first-order valence-electron chi connectivity index (χ1n) is 9.50. The molecular formula is C20H26N4O3. The van der Waals surface area contributed by atoms with Crippen molar-refractivity contribution in [2.24, 2.45) is 0 Å². The third-order valence-electron chi connectivity index (χ3n) is 4.66. The Labute approximate surface area is 158 Å². The van der Waals surface area contributed by atoms with Crippen molar-refractivity contribution < 1.29 is 14.3 Å². The normalized spacial score (nSPS) is 12.9. The Bertz CT molecular complexity index is 783. The molecule has 0 spiro atoms. The molecule has 1 aromatic heterocycles. The van der Waals surface area contributed by atoms with E-state index in [1.54, 1.807) is 31.2 Å². The Balaban J connectivity index is 1.38. The Hall–Kier alpha value is -2.83. The maximum Gasteiger partial charge on any atom is 0.257 e. The van der Waals surface area contributed by atoms with Gasteiger partial charge in [-0.2, -0.15) is 5.10 Å². The van der Waals surface area contributed by atoms with Crippen LogP contribution in [0.4, 0.5) is 5.69 Å². The number of ether oxygens (including phenoxy) is 1. The van der Waals surface area contributed by atoms with E-state index < -0.39 is 0 Å². The summed E-state index contributed by atoms with van der Waals surface area (Å²) < 4.78 is 5.49. The molecule has 144 valence electrons. The molecule has 0 radical (unpaired) electrons. The molecule has 2 amide bonds. The van der Waals surface area contributed by atoms with Crippen LogP contribution < -0.4 is 15.4 Å². The van der Waals surface area contributed by atoms with E-state index >= 15 is 0 Å². The minimum Gasteiger partial charge on any atom is -0.484 e. The zero-order valence-corrected chi connectivity index (χ0v) is 15.6. The number of aromatic nitrogens is 2. The zero-order chi connectivity index (χ0) is 19.1. The molecule has 0 unspecified atom stereocenters. The molecule has 0 fully saturated rings. The maximum atomic E-state index is 12.0. The molecule has 0 saturated heterocycles. The van der Waals surface area contributed by atoms with Gasteiger partial charge in [0, 0.05) is 30.8 Å². The zero-order valence-electron chi connectivity index (χ0n) is 15.6. The predicted octanol–water partition coefficient (Wildman–Crippen LogP) is 2.37. The number of aryl methyl sites for hydroxylation is 1. The third-order valence-corrected chi connectivity index (χ3v) is 4.66. The number of anilines is 1. The molecule has 1 heterocycles. The maximum absolute atomic E-state index is 12.0. The van der Waals surface area contributed by atoms with Crippen LogP contribution in [0.3, 0.4) is 0 Å². The fourth-order valence-electron chi connectivity index (χ4n) is 3.16. The van der Waals surface area contributed by atoms with Gasteiger partial charge in [-0.15, -0.1) is 0 Å². The van der Waals surface area contributed by atoms with E-state index in [-0.39, 0.29) is 18.4 Å². The van der Waals surface area contributed by atoms with Gasteiger partial charge in [-0.1, -0.05) is 6.92 Å². The van der Waals surface area contributed by atoms with Crippen LogP contribution in [0.1, 0.15) is 43.1 Å². The van der Waals surface area contributed by atoms with Crippen LogP contribution in [0.5, 0.6) is 5.75 Å². The second-order valence-electron chi connectivity index (χ2n) is 6.65. The Morgan fingerprint density at radius 1 is 1.15 bits per heavy atom. The van der Waals surface area contributed by atoms with Gasteiger partial charge in [0.2, 0.25) is 5.91 Å². The first-order chi connectivity index (χ1) is 13.2. The van der Waals surface area contributed by atoms with E-state index in [1.807, 2.05) is 0 Å². The van der Waals surface area contributed by atoms with E-state index in [1.165, 1.54) is 24.1 Å². The molecule has 7 heteroatoms. The highest BCUT2D eigenvalue weighted by atomic mass is 16.5. The van der Waals surface area contributed by atoms with Crippen molar-refractivity contribution in [2.45, 2.75) is 45.4 Å². The first-order valence-corrected chi connectivity index (χ1v) is 9.50. The van der Waals surface area contributed by atoms with Crippen molar-refractivity contribution in [3.8, 4) is 5.75 Å². The number of amides is 2. The largest absolute Gasteiger partial charge is 0.484 e. The van der Waals surface area contributed by atoms with Crippen molar-refractivity contribution in [3.05, 3.63) is 41.2 Å². The van der Waals surface area contributed by atoms with Crippen molar-refractivity contribution in [2.75, 3.05) is 18.5 Å². The van der Waals surface area contributed by atoms with E-state index in [0.717, 1.165) is 25.0 Å². The summed E-state index contributed by atoms with van der Waals surface area (Å²) in [6.45, 7) is 2.30. The van der Waals surface area contributed by atoms with Crippen molar-refractivity contribution in [1.29, 1.82) is 0 Å². The summed E-state index contributed by atoms with van der Waals surface area (Å²) in [4.78, 5) is 23.3. The van der Waals surface area contributed by atoms with Crippen LogP contribution in [0, 0.1) is 0 Å². The second-order valence-corrected chi connectivity index (χ2v) is 6.65. The highest BCUT2D eigenvalue weighted by Crippen LogP contribution is 2.22. The predicted molar refractivity (Wildman–Crippen MR) is 103 cm³/mol. The molecule has 1 aliphatic rings. The summed E-state index contributed by atoms with van der Waals surface area (Å²) in [7, 11) is 0. The lowest BCUT2D eigenvalue weighted by Crippen LogP contribution is -2.30. The topological polar surface area (TPSA) is 96.1 Å². The average Bonchev–Trinajstić information content (AvgIpc) is 3.10. The molecular weight excluding hydrogens is 344 g/mol. The van der Waals surface area contributed by atoms with Gasteiger partial charge in [0.25, 0.3) is 5.91 Å². The molecule has 0 bridgehead atoms. The lowest BCUT2D eigenvalue weighted by atomic mass is 9.95. The molecule has 1 aliphatic carbocycles. The van der Waals surface area contributed by atoms with Gasteiger partial charge in [-0.25, -0.2) is 0 Å². The number of hydrogen-bond acceptors (Lipinski definition) is 4. The summed E-state index contributed by atoms with van der Waals surface area (Å²) >= 11 is 0.